The van der Waals surface area contributed by atoms with E-state index in [4.69, 9.17) is 0 Å². The maximum absolute atomic E-state index is 2.47. The van der Waals surface area contributed by atoms with Crippen molar-refractivity contribution in [3.8, 4) is 11.1 Å². The molecule has 0 spiro atoms. The second-order valence-corrected chi connectivity index (χ2v) is 13.4. The first-order chi connectivity index (χ1) is 24.2. The van der Waals surface area contributed by atoms with Gasteiger partial charge in [-0.1, -0.05) is 152 Å². The number of hydrogen-bond donors (Lipinski definition) is 0. The molecule has 10 rings (SSSR count). The number of aryl methyl sites for hydroxylation is 1. The summed E-state index contributed by atoms with van der Waals surface area (Å²) in [6.45, 7) is 2.18. The molecule has 0 fully saturated rings. The van der Waals surface area contributed by atoms with E-state index in [0.717, 1.165) is 11.4 Å². The summed E-state index contributed by atoms with van der Waals surface area (Å²) in [7, 11) is 0. The van der Waals surface area contributed by atoms with Crippen LogP contribution in [0.15, 0.2) is 182 Å². The number of nitrogens with zero attached hydrogens (tertiary/aromatic N) is 1. The largest absolute Gasteiger partial charge is 0.310 e. The van der Waals surface area contributed by atoms with Crippen molar-refractivity contribution in [1.82, 2.24) is 0 Å². The molecule has 1 nitrogen and oxygen atoms in total. The average Bonchev–Trinajstić information content (AvgIpc) is 3.46. The molecule has 0 saturated heterocycles. The van der Waals surface area contributed by atoms with Crippen LogP contribution >= 0.6 is 0 Å². The highest BCUT2D eigenvalue weighted by molar-refractivity contribution is 6.25. The molecule has 0 aliphatic heterocycles. The lowest BCUT2D eigenvalue weighted by atomic mass is 9.67. The third-order valence-electron chi connectivity index (χ3n) is 10.7. The van der Waals surface area contributed by atoms with Crippen molar-refractivity contribution in [3.05, 3.63) is 210 Å². The molecule has 0 bridgehead atoms. The van der Waals surface area contributed by atoms with E-state index < -0.39 is 5.41 Å². The van der Waals surface area contributed by atoms with E-state index in [1.165, 1.54) is 76.9 Å². The van der Waals surface area contributed by atoms with E-state index in [1.54, 1.807) is 0 Å². The molecule has 0 saturated carbocycles. The third kappa shape index (κ3) is 4.00. The Labute approximate surface area is 286 Å². The highest BCUT2D eigenvalue weighted by atomic mass is 15.1. The molecule has 1 heteroatoms. The average molecular weight is 624 g/mol. The Morgan fingerprint density at radius 2 is 0.959 bits per heavy atom. The van der Waals surface area contributed by atoms with Crippen LogP contribution in [0, 0.1) is 6.92 Å². The van der Waals surface area contributed by atoms with Gasteiger partial charge in [-0.15, -0.1) is 0 Å². The van der Waals surface area contributed by atoms with Gasteiger partial charge in [0.2, 0.25) is 0 Å². The number of fused-ring (bicyclic) bond motifs is 3. The summed E-state index contributed by atoms with van der Waals surface area (Å²) >= 11 is 0. The van der Waals surface area contributed by atoms with Gasteiger partial charge in [0.05, 0.1) is 11.1 Å². The first kappa shape index (κ1) is 27.9. The zero-order valence-electron chi connectivity index (χ0n) is 27.3. The topological polar surface area (TPSA) is 3.24 Å². The molecule has 230 valence electrons. The molecule has 49 heavy (non-hydrogen) atoms. The lowest BCUT2D eigenvalue weighted by Crippen LogP contribution is -2.28. The Kier molecular flexibility index (Phi) is 6.07. The van der Waals surface area contributed by atoms with Gasteiger partial charge in [-0.25, -0.2) is 0 Å². The summed E-state index contributed by atoms with van der Waals surface area (Å²) in [5, 5.41) is 7.73. The van der Waals surface area contributed by atoms with Crippen LogP contribution in [0.4, 0.5) is 17.1 Å². The van der Waals surface area contributed by atoms with Gasteiger partial charge in [0.25, 0.3) is 0 Å². The zero-order valence-corrected chi connectivity index (χ0v) is 27.3. The van der Waals surface area contributed by atoms with Crippen LogP contribution in [0.25, 0.3) is 43.4 Å². The quantitative estimate of drug-likeness (QED) is 0.172. The van der Waals surface area contributed by atoms with Crippen LogP contribution in [0.3, 0.4) is 0 Å². The van der Waals surface area contributed by atoms with Crippen LogP contribution in [0.1, 0.15) is 27.8 Å². The number of hydrogen-bond acceptors (Lipinski definition) is 1. The first-order valence-electron chi connectivity index (χ1n) is 17.1. The van der Waals surface area contributed by atoms with Gasteiger partial charge >= 0.3 is 0 Å². The minimum Gasteiger partial charge on any atom is -0.310 e. The van der Waals surface area contributed by atoms with Crippen molar-refractivity contribution in [3.63, 3.8) is 0 Å². The molecule has 1 aliphatic rings. The maximum Gasteiger partial charge on any atom is 0.0714 e. The molecular weight excluding hydrogens is 591 g/mol. The van der Waals surface area contributed by atoms with E-state index in [1.807, 2.05) is 0 Å². The molecular formula is C48H33N. The molecule has 0 aromatic heterocycles. The van der Waals surface area contributed by atoms with E-state index >= 15 is 0 Å². The fourth-order valence-electron chi connectivity index (χ4n) is 8.70. The standard InChI is InChI=1S/C48H33N/c1-32-12-9-18-38(30-32)49(45-29-27-35-25-24-33-13-10-14-34-26-28-42(45)47(35)46(33)34)39-19-11-17-37(31-39)48(36-15-3-2-4-16-36)43-22-7-5-20-40(43)41-21-6-8-23-44(41)48/h2-31H,1H3. The van der Waals surface area contributed by atoms with Crippen LogP contribution in [0.2, 0.25) is 0 Å². The molecule has 9 aromatic carbocycles. The monoisotopic (exact) mass is 623 g/mol. The highest BCUT2D eigenvalue weighted by Gasteiger charge is 2.46. The normalized spacial score (nSPS) is 13.2. The third-order valence-corrected chi connectivity index (χ3v) is 10.7. The summed E-state index contributed by atoms with van der Waals surface area (Å²) in [5.74, 6) is 0. The van der Waals surface area contributed by atoms with Crippen molar-refractivity contribution in [2.75, 3.05) is 4.90 Å². The Balaban J connectivity index is 1.27. The van der Waals surface area contributed by atoms with E-state index in [-0.39, 0.29) is 0 Å². The van der Waals surface area contributed by atoms with E-state index in [9.17, 15) is 0 Å². The predicted molar refractivity (Wildman–Crippen MR) is 207 cm³/mol. The van der Waals surface area contributed by atoms with Crippen LogP contribution in [-0.4, -0.2) is 0 Å². The molecule has 0 heterocycles. The van der Waals surface area contributed by atoms with Gasteiger partial charge in [-0.05, 0) is 103 Å². The fourth-order valence-corrected chi connectivity index (χ4v) is 8.70. The number of rotatable bonds is 5. The minimum atomic E-state index is -0.467. The van der Waals surface area contributed by atoms with Crippen LogP contribution < -0.4 is 4.90 Å². The molecule has 0 radical (unpaired) electrons. The highest BCUT2D eigenvalue weighted by Crippen LogP contribution is 2.56. The van der Waals surface area contributed by atoms with Crippen LogP contribution in [0.5, 0.6) is 0 Å². The summed E-state index contributed by atoms with van der Waals surface area (Å²) in [4.78, 5) is 2.47. The van der Waals surface area contributed by atoms with Gasteiger partial charge in [-0.3, -0.25) is 0 Å². The summed E-state index contributed by atoms with van der Waals surface area (Å²) in [5.41, 5.74) is 12.0. The van der Waals surface area contributed by atoms with E-state index in [0.29, 0.717) is 0 Å². The summed E-state index contributed by atoms with van der Waals surface area (Å²) in [6, 6.07) is 67.5. The van der Waals surface area contributed by atoms with Gasteiger partial charge < -0.3 is 4.90 Å². The van der Waals surface area contributed by atoms with Crippen molar-refractivity contribution in [2.24, 2.45) is 0 Å². The fraction of sp³-hybridized carbons (Fsp3) is 0.0417. The molecule has 0 atom stereocenters. The molecule has 0 amide bonds. The molecule has 1 aliphatic carbocycles. The molecule has 9 aromatic rings. The number of anilines is 3. The summed E-state index contributed by atoms with van der Waals surface area (Å²) < 4.78 is 0. The van der Waals surface area contributed by atoms with Crippen molar-refractivity contribution in [1.29, 1.82) is 0 Å². The maximum atomic E-state index is 2.47. The SMILES string of the molecule is Cc1cccc(N(c2cccc(C3(c4ccccc4)c4ccccc4-c4ccccc43)c2)c2ccc3ccc4cccc5ccc2c3c45)c1. The van der Waals surface area contributed by atoms with Crippen LogP contribution in [-0.2, 0) is 5.41 Å². The minimum absolute atomic E-state index is 0.467. The van der Waals surface area contributed by atoms with Gasteiger partial charge in [-0.2, -0.15) is 0 Å². The van der Waals surface area contributed by atoms with E-state index in [2.05, 4.69) is 194 Å². The van der Waals surface area contributed by atoms with Gasteiger partial charge in [0.15, 0.2) is 0 Å². The predicted octanol–water partition coefficient (Wildman–Crippen LogP) is 12.7. The second kappa shape index (κ2) is 10.7. The molecule has 0 N–H and O–H groups in total. The lowest BCUT2D eigenvalue weighted by Gasteiger charge is -2.35. The Bertz CT molecular complexity index is 2620. The second-order valence-electron chi connectivity index (χ2n) is 13.4. The summed E-state index contributed by atoms with van der Waals surface area (Å²) in [6.07, 6.45) is 0. The number of benzene rings is 9. The smallest absolute Gasteiger partial charge is 0.0714 e. The Hall–Kier alpha value is -6.18. The molecule has 0 unspecified atom stereocenters. The Morgan fingerprint density at radius 3 is 1.67 bits per heavy atom. The van der Waals surface area contributed by atoms with Crippen molar-refractivity contribution >= 4 is 49.4 Å². The lowest BCUT2D eigenvalue weighted by molar-refractivity contribution is 0.768. The van der Waals surface area contributed by atoms with Gasteiger partial charge in [0.1, 0.15) is 0 Å². The van der Waals surface area contributed by atoms with Crippen molar-refractivity contribution in [2.45, 2.75) is 12.3 Å². The first-order valence-corrected chi connectivity index (χ1v) is 17.1. The zero-order chi connectivity index (χ0) is 32.5. The Morgan fingerprint density at radius 1 is 0.408 bits per heavy atom. The van der Waals surface area contributed by atoms with Crippen molar-refractivity contribution < 1.29 is 0 Å². The van der Waals surface area contributed by atoms with Gasteiger partial charge in [0, 0.05) is 16.8 Å².